The molecule has 216 valence electrons. The number of nitrogens with one attached hydrogen (secondary N) is 3. The first kappa shape index (κ1) is 28.1. The number of fused-ring (bicyclic) bond motifs is 1. The maximum Gasteiger partial charge on any atom is 0.272 e. The fourth-order valence-electron chi connectivity index (χ4n) is 5.66. The van der Waals surface area contributed by atoms with Gasteiger partial charge < -0.3 is 25.4 Å². The average molecular weight is 560 g/mol. The number of hydrogen-bond acceptors (Lipinski definition) is 5. The van der Waals surface area contributed by atoms with Crippen molar-refractivity contribution >= 4 is 23.6 Å². The Hall–Kier alpha value is -4.41. The summed E-state index contributed by atoms with van der Waals surface area (Å²) in [6.07, 6.45) is 4.86. The molecule has 11 nitrogen and oxygen atoms in total. The lowest BCUT2D eigenvalue weighted by molar-refractivity contribution is -0.136. The molecule has 2 aromatic heterocycles. The van der Waals surface area contributed by atoms with E-state index in [1.54, 1.807) is 32.8 Å². The molecule has 11 heteroatoms. The average Bonchev–Trinajstić information content (AvgIpc) is 3.62. The summed E-state index contributed by atoms with van der Waals surface area (Å²) in [4.78, 5) is 59.1. The number of H-pyrrole nitrogens is 1. The van der Waals surface area contributed by atoms with Gasteiger partial charge in [-0.3, -0.25) is 23.9 Å². The Balaban J connectivity index is 1.37. The number of aryl methyl sites for hydroxylation is 1. The van der Waals surface area contributed by atoms with Crippen LogP contribution in [0.5, 0.6) is 0 Å². The molecular weight excluding hydrogens is 522 g/mol. The molecule has 3 aromatic rings. The van der Waals surface area contributed by atoms with Gasteiger partial charge in [0.05, 0.1) is 6.54 Å². The number of aromatic nitrogens is 3. The second-order valence-corrected chi connectivity index (χ2v) is 10.7. The summed E-state index contributed by atoms with van der Waals surface area (Å²) in [5, 5.41) is 10.5. The Morgan fingerprint density at radius 2 is 1.88 bits per heavy atom. The molecule has 5 rings (SSSR count). The molecule has 2 bridgehead atoms. The summed E-state index contributed by atoms with van der Waals surface area (Å²) in [6, 6.07) is 13.2. The van der Waals surface area contributed by atoms with Gasteiger partial charge in [-0.1, -0.05) is 30.3 Å². The van der Waals surface area contributed by atoms with Crippen molar-refractivity contribution in [2.24, 2.45) is 7.05 Å². The van der Waals surface area contributed by atoms with Gasteiger partial charge in [-0.15, -0.1) is 0 Å². The summed E-state index contributed by atoms with van der Waals surface area (Å²) in [6.45, 7) is 1.24. The first-order chi connectivity index (χ1) is 19.9. The molecule has 1 aliphatic heterocycles. The van der Waals surface area contributed by atoms with E-state index in [9.17, 15) is 19.2 Å². The number of aromatic amines is 1. The van der Waals surface area contributed by atoms with Gasteiger partial charge in [0.1, 0.15) is 5.69 Å². The maximum atomic E-state index is 13.4. The molecule has 3 heterocycles. The van der Waals surface area contributed by atoms with Crippen LogP contribution in [0, 0.1) is 0 Å². The standard InChI is InChI=1S/C30H37N7O4/c1-35-25-12-11-22-19-23(25)28(34-35)29(40)32-15-18-36(30(41)24-9-5-14-31-24)16-6-10-27(39)37(20-26(38)33-22)17-13-21-7-3-2-4-8-21/h2-5,7-9,14,22,31H,6,10-13,15-20H2,1H3,(H,32,40)(H,33,38). The Morgan fingerprint density at radius 3 is 2.66 bits per heavy atom. The van der Waals surface area contributed by atoms with Crippen LogP contribution < -0.4 is 10.6 Å². The molecule has 1 aliphatic carbocycles. The van der Waals surface area contributed by atoms with Gasteiger partial charge in [-0.05, 0) is 49.8 Å². The normalized spacial score (nSPS) is 19.0. The zero-order valence-electron chi connectivity index (χ0n) is 23.4. The van der Waals surface area contributed by atoms with E-state index in [1.807, 2.05) is 37.4 Å². The number of hydrogen-bond donors (Lipinski definition) is 3. The van der Waals surface area contributed by atoms with Crippen molar-refractivity contribution in [3.05, 3.63) is 76.9 Å². The van der Waals surface area contributed by atoms with Crippen LogP contribution in [0.1, 0.15) is 57.1 Å². The van der Waals surface area contributed by atoms with Crippen molar-refractivity contribution in [1.29, 1.82) is 0 Å². The lowest BCUT2D eigenvalue weighted by atomic mass is 9.91. The highest BCUT2D eigenvalue weighted by atomic mass is 16.2. The minimum Gasteiger partial charge on any atom is -0.357 e. The maximum absolute atomic E-state index is 13.4. The van der Waals surface area contributed by atoms with Crippen molar-refractivity contribution in [3.63, 3.8) is 0 Å². The van der Waals surface area contributed by atoms with Gasteiger partial charge in [0.15, 0.2) is 5.69 Å². The predicted octanol–water partition coefficient (Wildman–Crippen LogP) is 1.46. The lowest BCUT2D eigenvalue weighted by Crippen LogP contribution is -2.46. The summed E-state index contributed by atoms with van der Waals surface area (Å²) in [5.41, 5.74) is 3.71. The minimum atomic E-state index is -0.298. The largest absolute Gasteiger partial charge is 0.357 e. The predicted molar refractivity (Wildman–Crippen MR) is 152 cm³/mol. The van der Waals surface area contributed by atoms with E-state index < -0.39 is 0 Å². The second kappa shape index (κ2) is 12.8. The van der Waals surface area contributed by atoms with Gasteiger partial charge in [-0.25, -0.2) is 0 Å². The Labute approximate surface area is 239 Å². The Bertz CT molecular complexity index is 1380. The molecule has 1 unspecified atom stereocenters. The third-order valence-corrected chi connectivity index (χ3v) is 7.84. The fraction of sp³-hybridized carbons (Fsp3) is 0.433. The third kappa shape index (κ3) is 6.85. The first-order valence-electron chi connectivity index (χ1n) is 14.3. The summed E-state index contributed by atoms with van der Waals surface area (Å²) in [7, 11) is 1.83. The molecule has 1 atom stereocenters. The molecule has 3 N–H and O–H groups in total. The zero-order valence-corrected chi connectivity index (χ0v) is 23.4. The third-order valence-electron chi connectivity index (χ3n) is 7.84. The monoisotopic (exact) mass is 559 g/mol. The molecule has 2 aliphatic rings. The number of carbonyl (C=O) groups excluding carboxylic acids is 4. The number of carbonyl (C=O) groups is 4. The molecule has 0 radical (unpaired) electrons. The van der Waals surface area contributed by atoms with Gasteiger partial charge in [-0.2, -0.15) is 5.10 Å². The quantitative estimate of drug-likeness (QED) is 0.445. The Morgan fingerprint density at radius 1 is 1.05 bits per heavy atom. The molecule has 0 saturated carbocycles. The van der Waals surface area contributed by atoms with E-state index >= 15 is 0 Å². The van der Waals surface area contributed by atoms with Crippen LogP contribution in [-0.4, -0.2) is 87.0 Å². The van der Waals surface area contributed by atoms with Crippen LogP contribution in [-0.2, 0) is 35.9 Å². The Kier molecular flexibility index (Phi) is 8.81. The van der Waals surface area contributed by atoms with Gasteiger partial charge in [0, 0.05) is 63.1 Å². The minimum absolute atomic E-state index is 0.0411. The van der Waals surface area contributed by atoms with Gasteiger partial charge >= 0.3 is 0 Å². The fourth-order valence-corrected chi connectivity index (χ4v) is 5.66. The van der Waals surface area contributed by atoms with Crippen molar-refractivity contribution in [3.8, 4) is 0 Å². The van der Waals surface area contributed by atoms with Gasteiger partial charge in [0.25, 0.3) is 11.8 Å². The summed E-state index contributed by atoms with van der Waals surface area (Å²) in [5.74, 6) is -0.843. The molecule has 0 spiro atoms. The molecule has 0 saturated heterocycles. The molecular formula is C30H37N7O4. The molecule has 0 fully saturated rings. The first-order valence-corrected chi connectivity index (χ1v) is 14.3. The highest BCUT2D eigenvalue weighted by Gasteiger charge is 2.30. The number of rotatable bonds is 4. The van der Waals surface area contributed by atoms with E-state index in [0.29, 0.717) is 50.2 Å². The molecule has 1 aromatic carbocycles. The highest BCUT2D eigenvalue weighted by Crippen LogP contribution is 2.24. The molecule has 41 heavy (non-hydrogen) atoms. The van der Waals surface area contributed by atoms with E-state index in [-0.39, 0.29) is 55.7 Å². The summed E-state index contributed by atoms with van der Waals surface area (Å²) >= 11 is 0. The zero-order chi connectivity index (χ0) is 28.8. The second-order valence-electron chi connectivity index (χ2n) is 10.7. The highest BCUT2D eigenvalue weighted by molar-refractivity contribution is 5.94. The van der Waals surface area contributed by atoms with Crippen molar-refractivity contribution in [2.75, 3.05) is 32.7 Å². The van der Waals surface area contributed by atoms with Crippen LogP contribution >= 0.6 is 0 Å². The number of benzene rings is 1. The van der Waals surface area contributed by atoms with Crippen LogP contribution in [0.3, 0.4) is 0 Å². The SMILES string of the molecule is Cn1nc2c3c1CCC(C3)NC(=O)CN(CCc1ccccc1)C(=O)CCCN(C(=O)c1ccc[nH]1)CCNC2=O. The van der Waals surface area contributed by atoms with E-state index in [2.05, 4.69) is 20.7 Å². The van der Waals surface area contributed by atoms with Crippen molar-refractivity contribution in [2.45, 2.75) is 44.6 Å². The lowest BCUT2D eigenvalue weighted by Gasteiger charge is -2.27. The topological polar surface area (TPSA) is 132 Å². The molecule has 4 amide bonds. The van der Waals surface area contributed by atoms with Crippen LogP contribution in [0.15, 0.2) is 48.7 Å². The van der Waals surface area contributed by atoms with E-state index in [1.165, 1.54) is 0 Å². The smallest absolute Gasteiger partial charge is 0.272 e. The van der Waals surface area contributed by atoms with E-state index in [4.69, 9.17) is 0 Å². The summed E-state index contributed by atoms with van der Waals surface area (Å²) < 4.78 is 1.74. The van der Waals surface area contributed by atoms with E-state index in [0.717, 1.165) is 23.2 Å². The van der Waals surface area contributed by atoms with Crippen LogP contribution in [0.4, 0.5) is 0 Å². The van der Waals surface area contributed by atoms with Crippen LogP contribution in [0.2, 0.25) is 0 Å². The van der Waals surface area contributed by atoms with Gasteiger partial charge in [0.2, 0.25) is 11.8 Å². The van der Waals surface area contributed by atoms with Crippen LogP contribution in [0.25, 0.3) is 0 Å². The van der Waals surface area contributed by atoms with Crippen molar-refractivity contribution < 1.29 is 19.2 Å². The van der Waals surface area contributed by atoms with Crippen molar-refractivity contribution in [1.82, 2.24) is 35.2 Å². The number of amides is 4. The number of nitrogens with zero attached hydrogens (tertiary/aromatic N) is 4.